The van der Waals surface area contributed by atoms with Crippen LogP contribution >= 0.6 is 15.9 Å². The highest BCUT2D eigenvalue weighted by Gasteiger charge is 2.01. The van der Waals surface area contributed by atoms with Crippen molar-refractivity contribution in [2.45, 2.75) is 0 Å². The second-order valence-corrected chi connectivity index (χ2v) is 4.87. The highest BCUT2D eigenvalue weighted by Crippen LogP contribution is 2.21. The molecule has 2 aromatic rings. The molecule has 0 saturated heterocycles. The van der Waals surface area contributed by atoms with E-state index in [1.165, 1.54) is 0 Å². The second kappa shape index (κ2) is 6.21. The molecule has 2 rings (SSSR count). The van der Waals surface area contributed by atoms with Gasteiger partial charge < -0.3 is 4.74 Å². The lowest BCUT2D eigenvalue weighted by molar-refractivity contribution is 0.415. The van der Waals surface area contributed by atoms with Gasteiger partial charge >= 0.3 is 0 Å². The maximum atomic E-state index is 9.26. The third-order valence-electron chi connectivity index (χ3n) is 2.70. The molecule has 2 aromatic carbocycles. The summed E-state index contributed by atoms with van der Waals surface area (Å²) in [6.45, 7) is 0. The lowest BCUT2D eigenvalue weighted by Crippen LogP contribution is -1.84. The van der Waals surface area contributed by atoms with Gasteiger partial charge in [0, 0.05) is 4.47 Å². The number of halogens is 1. The number of rotatable bonds is 3. The van der Waals surface area contributed by atoms with Crippen molar-refractivity contribution < 1.29 is 4.74 Å². The summed E-state index contributed by atoms with van der Waals surface area (Å²) in [5, 5.41) is 9.26. The molecular formula is C16H12BrNO. The van der Waals surface area contributed by atoms with E-state index in [0.29, 0.717) is 5.57 Å². The molecule has 0 saturated carbocycles. The Kier molecular flexibility index (Phi) is 4.38. The van der Waals surface area contributed by atoms with Crippen molar-refractivity contribution in [3.63, 3.8) is 0 Å². The van der Waals surface area contributed by atoms with Crippen LogP contribution in [0.15, 0.2) is 53.0 Å². The zero-order valence-corrected chi connectivity index (χ0v) is 12.0. The average Bonchev–Trinajstić information content (AvgIpc) is 2.46. The molecule has 0 aliphatic heterocycles. The number of benzene rings is 2. The summed E-state index contributed by atoms with van der Waals surface area (Å²) in [5.41, 5.74) is 2.51. The Labute approximate surface area is 121 Å². The number of nitrogens with zero attached hydrogens (tertiary/aromatic N) is 1. The van der Waals surface area contributed by atoms with Crippen molar-refractivity contribution in [1.82, 2.24) is 0 Å². The Hall–Kier alpha value is -2.05. The van der Waals surface area contributed by atoms with E-state index < -0.39 is 0 Å². The van der Waals surface area contributed by atoms with E-state index >= 15 is 0 Å². The van der Waals surface area contributed by atoms with Crippen LogP contribution in [-0.2, 0) is 0 Å². The van der Waals surface area contributed by atoms with E-state index in [-0.39, 0.29) is 0 Å². The smallest absolute Gasteiger partial charge is 0.118 e. The van der Waals surface area contributed by atoms with Crippen LogP contribution in [0.5, 0.6) is 5.75 Å². The third-order valence-corrected chi connectivity index (χ3v) is 3.23. The first-order valence-electron chi connectivity index (χ1n) is 5.75. The molecule has 19 heavy (non-hydrogen) atoms. The number of ether oxygens (including phenoxy) is 1. The third kappa shape index (κ3) is 3.46. The highest BCUT2D eigenvalue weighted by atomic mass is 79.9. The Balaban J connectivity index is 2.33. The summed E-state index contributed by atoms with van der Waals surface area (Å²) in [6, 6.07) is 17.5. The maximum Gasteiger partial charge on any atom is 0.118 e. The normalized spacial score (nSPS) is 10.9. The summed E-state index contributed by atoms with van der Waals surface area (Å²) in [4.78, 5) is 0. The first-order valence-corrected chi connectivity index (χ1v) is 6.54. The Morgan fingerprint density at radius 1 is 1.11 bits per heavy atom. The summed E-state index contributed by atoms with van der Waals surface area (Å²) in [5.74, 6) is 0.805. The fourth-order valence-corrected chi connectivity index (χ4v) is 1.94. The molecule has 3 heteroatoms. The number of allylic oxidation sites excluding steroid dienone is 1. The quantitative estimate of drug-likeness (QED) is 0.616. The Morgan fingerprint density at radius 3 is 2.26 bits per heavy atom. The molecule has 0 aromatic heterocycles. The molecule has 2 nitrogen and oxygen atoms in total. The molecule has 0 aliphatic rings. The van der Waals surface area contributed by atoms with Crippen molar-refractivity contribution in [2.75, 3.05) is 7.11 Å². The van der Waals surface area contributed by atoms with Gasteiger partial charge in [0.2, 0.25) is 0 Å². The van der Waals surface area contributed by atoms with E-state index in [0.717, 1.165) is 21.3 Å². The lowest BCUT2D eigenvalue weighted by Gasteiger charge is -2.02. The largest absolute Gasteiger partial charge is 0.497 e. The van der Waals surface area contributed by atoms with Gasteiger partial charge in [-0.1, -0.05) is 40.2 Å². The van der Waals surface area contributed by atoms with Crippen LogP contribution in [0.2, 0.25) is 0 Å². The number of hydrogen-bond donors (Lipinski definition) is 0. The minimum Gasteiger partial charge on any atom is -0.497 e. The van der Waals surface area contributed by atoms with Gasteiger partial charge in [0.05, 0.1) is 18.8 Å². The number of nitriles is 1. The Bertz CT molecular complexity index is 621. The van der Waals surface area contributed by atoms with Gasteiger partial charge in [0.15, 0.2) is 0 Å². The van der Waals surface area contributed by atoms with E-state index in [4.69, 9.17) is 4.74 Å². The van der Waals surface area contributed by atoms with Crippen molar-refractivity contribution in [3.8, 4) is 11.8 Å². The fraction of sp³-hybridized carbons (Fsp3) is 0.0625. The maximum absolute atomic E-state index is 9.26. The molecule has 0 spiro atoms. The monoisotopic (exact) mass is 313 g/mol. The van der Waals surface area contributed by atoms with Gasteiger partial charge in [0.25, 0.3) is 0 Å². The lowest BCUT2D eigenvalue weighted by atomic mass is 10.0. The molecule has 0 aliphatic carbocycles. The topological polar surface area (TPSA) is 33.0 Å². The Morgan fingerprint density at radius 2 is 1.74 bits per heavy atom. The van der Waals surface area contributed by atoms with Crippen LogP contribution in [-0.4, -0.2) is 7.11 Å². The molecule has 0 bridgehead atoms. The standard InChI is InChI=1S/C16H12BrNO/c1-19-16-8-2-12(3-9-16)10-14(11-18)13-4-6-15(17)7-5-13/h2-10H,1H3/b14-10+. The van der Waals surface area contributed by atoms with Gasteiger partial charge in [-0.05, 0) is 41.5 Å². The SMILES string of the molecule is COc1ccc(/C=C(\C#N)c2ccc(Br)cc2)cc1. The summed E-state index contributed by atoms with van der Waals surface area (Å²) < 4.78 is 6.11. The van der Waals surface area contributed by atoms with Crippen molar-refractivity contribution >= 4 is 27.6 Å². The zero-order valence-electron chi connectivity index (χ0n) is 10.4. The zero-order chi connectivity index (χ0) is 13.7. The van der Waals surface area contributed by atoms with Crippen LogP contribution in [0.4, 0.5) is 0 Å². The average molecular weight is 314 g/mol. The van der Waals surface area contributed by atoms with Crippen LogP contribution in [0, 0.1) is 11.3 Å². The molecular weight excluding hydrogens is 302 g/mol. The van der Waals surface area contributed by atoms with Crippen molar-refractivity contribution in [2.24, 2.45) is 0 Å². The predicted octanol–water partition coefficient (Wildman–Crippen LogP) is 4.52. The van der Waals surface area contributed by atoms with Crippen LogP contribution < -0.4 is 4.74 Å². The molecule has 0 N–H and O–H groups in total. The van der Waals surface area contributed by atoms with Crippen molar-refractivity contribution in [3.05, 3.63) is 64.1 Å². The number of methoxy groups -OCH3 is 1. The first-order chi connectivity index (χ1) is 9.22. The molecule has 0 amide bonds. The van der Waals surface area contributed by atoms with Crippen molar-refractivity contribution in [1.29, 1.82) is 5.26 Å². The molecule has 0 unspecified atom stereocenters. The van der Waals surface area contributed by atoms with E-state index in [2.05, 4.69) is 22.0 Å². The van der Waals surface area contributed by atoms with Gasteiger partial charge in [-0.2, -0.15) is 5.26 Å². The summed E-state index contributed by atoms with van der Waals surface area (Å²) >= 11 is 3.38. The predicted molar refractivity (Wildman–Crippen MR) is 80.6 cm³/mol. The first kappa shape index (κ1) is 13.4. The van der Waals surface area contributed by atoms with Crippen LogP contribution in [0.1, 0.15) is 11.1 Å². The van der Waals surface area contributed by atoms with E-state index in [9.17, 15) is 5.26 Å². The molecule has 0 atom stereocenters. The fourth-order valence-electron chi connectivity index (χ4n) is 1.68. The van der Waals surface area contributed by atoms with Gasteiger partial charge in [-0.25, -0.2) is 0 Å². The summed E-state index contributed by atoms with van der Waals surface area (Å²) in [7, 11) is 1.63. The minimum absolute atomic E-state index is 0.637. The van der Waals surface area contributed by atoms with E-state index in [1.807, 2.05) is 54.6 Å². The molecule has 0 heterocycles. The second-order valence-electron chi connectivity index (χ2n) is 3.95. The van der Waals surface area contributed by atoms with Gasteiger partial charge in [-0.3, -0.25) is 0 Å². The highest BCUT2D eigenvalue weighted by molar-refractivity contribution is 9.10. The molecule has 94 valence electrons. The van der Waals surface area contributed by atoms with Gasteiger partial charge in [0.1, 0.15) is 5.75 Å². The molecule has 0 radical (unpaired) electrons. The molecule has 0 fully saturated rings. The van der Waals surface area contributed by atoms with Crippen LogP contribution in [0.3, 0.4) is 0 Å². The minimum atomic E-state index is 0.637. The summed E-state index contributed by atoms with van der Waals surface area (Å²) in [6.07, 6.45) is 1.86. The van der Waals surface area contributed by atoms with E-state index in [1.54, 1.807) is 7.11 Å². The van der Waals surface area contributed by atoms with Crippen LogP contribution in [0.25, 0.3) is 11.6 Å². The number of hydrogen-bond acceptors (Lipinski definition) is 2. The van der Waals surface area contributed by atoms with Gasteiger partial charge in [-0.15, -0.1) is 0 Å².